The molecular weight excluding hydrogens is 323 g/mol. The summed E-state index contributed by atoms with van der Waals surface area (Å²) in [4.78, 5) is 14.3. The summed E-state index contributed by atoms with van der Waals surface area (Å²) in [6, 6.07) is 2.45. The van der Waals surface area contributed by atoms with Crippen molar-refractivity contribution in [1.82, 2.24) is 4.98 Å². The minimum absolute atomic E-state index is 0.157. The molecule has 0 aliphatic carbocycles. The molecule has 6 nitrogen and oxygen atoms in total. The maximum atomic E-state index is 10.7. The Morgan fingerprint density at radius 2 is 2.10 bits per heavy atom. The van der Waals surface area contributed by atoms with Crippen molar-refractivity contribution in [3.05, 3.63) is 48.9 Å². The summed E-state index contributed by atoms with van der Waals surface area (Å²) in [5, 5.41) is 17.4. The highest BCUT2D eigenvalue weighted by Gasteiger charge is 2.13. The Labute approximate surface area is 128 Å². The van der Waals surface area contributed by atoms with E-state index in [9.17, 15) is 10.1 Å². The van der Waals surface area contributed by atoms with Gasteiger partial charge in [-0.1, -0.05) is 23.2 Å². The molecule has 0 fully saturated rings. The summed E-state index contributed by atoms with van der Waals surface area (Å²) in [5.74, 6) is 0. The molecule has 0 aliphatic rings. The van der Waals surface area contributed by atoms with Crippen LogP contribution >= 0.6 is 34.5 Å². The Morgan fingerprint density at radius 1 is 1.45 bits per heavy atom. The van der Waals surface area contributed by atoms with Gasteiger partial charge in [-0.2, -0.15) is 5.10 Å². The summed E-state index contributed by atoms with van der Waals surface area (Å²) in [5.41, 5.74) is 3.86. The van der Waals surface area contributed by atoms with Gasteiger partial charge in [0, 0.05) is 23.1 Å². The van der Waals surface area contributed by atoms with Crippen LogP contribution in [0.2, 0.25) is 10.0 Å². The minimum Gasteiger partial charge on any atom is -0.258 e. The van der Waals surface area contributed by atoms with Crippen molar-refractivity contribution in [2.24, 2.45) is 5.10 Å². The smallest absolute Gasteiger partial charge is 0.258 e. The average Bonchev–Trinajstić information content (AvgIpc) is 2.78. The van der Waals surface area contributed by atoms with Gasteiger partial charge in [0.1, 0.15) is 0 Å². The molecule has 0 saturated carbocycles. The first-order chi connectivity index (χ1) is 9.47. The number of nitro groups is 1. The molecule has 0 spiro atoms. The molecule has 0 aliphatic heterocycles. The molecule has 0 amide bonds. The molecule has 9 heteroatoms. The first-order valence-corrected chi connectivity index (χ1v) is 6.95. The first kappa shape index (κ1) is 14.7. The van der Waals surface area contributed by atoms with Gasteiger partial charge in [-0.25, -0.2) is 4.98 Å². The largest absolute Gasteiger partial charge is 0.272 e. The summed E-state index contributed by atoms with van der Waals surface area (Å²) < 4.78 is 0. The number of nitrogens with one attached hydrogen (secondary N) is 1. The van der Waals surface area contributed by atoms with Gasteiger partial charge >= 0.3 is 0 Å². The Balaban J connectivity index is 2.19. The van der Waals surface area contributed by atoms with Crippen LogP contribution < -0.4 is 5.43 Å². The third kappa shape index (κ3) is 3.44. The van der Waals surface area contributed by atoms with Crippen LogP contribution in [0.15, 0.2) is 22.6 Å². The number of anilines is 1. The predicted molar refractivity (Wildman–Crippen MR) is 81.2 cm³/mol. The van der Waals surface area contributed by atoms with E-state index in [-0.39, 0.29) is 15.7 Å². The molecule has 2 rings (SSSR count). The van der Waals surface area contributed by atoms with E-state index in [2.05, 4.69) is 15.5 Å². The van der Waals surface area contributed by atoms with Crippen molar-refractivity contribution in [2.75, 3.05) is 5.43 Å². The third-order valence-electron chi connectivity index (χ3n) is 2.25. The van der Waals surface area contributed by atoms with Gasteiger partial charge < -0.3 is 0 Å². The van der Waals surface area contributed by atoms with E-state index >= 15 is 0 Å². The number of nitrogens with zero attached hydrogens (tertiary/aromatic N) is 3. The van der Waals surface area contributed by atoms with Crippen LogP contribution in [0.4, 0.5) is 10.8 Å². The summed E-state index contributed by atoms with van der Waals surface area (Å²) >= 11 is 13.3. The van der Waals surface area contributed by atoms with Gasteiger partial charge in [0.05, 0.1) is 26.9 Å². The van der Waals surface area contributed by atoms with Crippen molar-refractivity contribution < 1.29 is 4.92 Å². The zero-order valence-corrected chi connectivity index (χ0v) is 12.5. The van der Waals surface area contributed by atoms with Gasteiger partial charge in [0.2, 0.25) is 5.13 Å². The van der Waals surface area contributed by atoms with Crippen LogP contribution in [0.5, 0.6) is 0 Å². The maximum absolute atomic E-state index is 10.7. The lowest BCUT2D eigenvalue weighted by molar-refractivity contribution is -0.384. The maximum Gasteiger partial charge on any atom is 0.272 e. The number of aromatic nitrogens is 1. The molecule has 1 N–H and O–H groups in total. The van der Waals surface area contributed by atoms with Crippen LogP contribution in [0.25, 0.3) is 0 Å². The van der Waals surface area contributed by atoms with E-state index in [0.717, 1.165) is 5.69 Å². The molecule has 2 aromatic rings. The minimum atomic E-state index is -0.560. The molecule has 104 valence electrons. The fourth-order valence-corrected chi connectivity index (χ4v) is 2.57. The molecule has 1 aromatic heterocycles. The number of nitro benzene ring substituents is 1. The van der Waals surface area contributed by atoms with Gasteiger partial charge in [-0.3, -0.25) is 15.5 Å². The second kappa shape index (κ2) is 6.17. The molecule has 20 heavy (non-hydrogen) atoms. The van der Waals surface area contributed by atoms with Gasteiger partial charge in [-0.05, 0) is 6.92 Å². The normalized spacial score (nSPS) is 10.9. The van der Waals surface area contributed by atoms with E-state index in [1.807, 2.05) is 12.3 Å². The zero-order chi connectivity index (χ0) is 14.7. The molecule has 0 bridgehead atoms. The first-order valence-electron chi connectivity index (χ1n) is 5.32. The number of aryl methyl sites for hydroxylation is 1. The molecule has 0 radical (unpaired) electrons. The van der Waals surface area contributed by atoms with Gasteiger partial charge in [0.15, 0.2) is 0 Å². The number of hydrogen-bond acceptors (Lipinski definition) is 6. The topological polar surface area (TPSA) is 80.4 Å². The number of rotatable bonds is 4. The number of hydrogen-bond donors (Lipinski definition) is 1. The number of benzene rings is 1. The van der Waals surface area contributed by atoms with Gasteiger partial charge in [0.25, 0.3) is 5.69 Å². The summed E-state index contributed by atoms with van der Waals surface area (Å²) in [6.07, 6.45) is 1.39. The number of hydrazone groups is 1. The number of thiazole rings is 1. The lowest BCUT2D eigenvalue weighted by Gasteiger charge is -2.01. The zero-order valence-electron chi connectivity index (χ0n) is 10.1. The van der Waals surface area contributed by atoms with Crippen LogP contribution in [0.3, 0.4) is 0 Å². The van der Waals surface area contributed by atoms with Crippen LogP contribution in [-0.2, 0) is 0 Å². The fourth-order valence-electron chi connectivity index (χ4n) is 1.36. The number of halogens is 2. The third-order valence-corrected chi connectivity index (χ3v) is 3.74. The highest BCUT2D eigenvalue weighted by Crippen LogP contribution is 2.28. The van der Waals surface area contributed by atoms with E-state index in [1.165, 1.54) is 29.7 Å². The van der Waals surface area contributed by atoms with Crippen LogP contribution in [0, 0.1) is 17.0 Å². The second-order valence-electron chi connectivity index (χ2n) is 3.74. The van der Waals surface area contributed by atoms with Crippen molar-refractivity contribution in [3.63, 3.8) is 0 Å². The molecular formula is C11H8Cl2N4O2S. The molecule has 1 aromatic carbocycles. The van der Waals surface area contributed by atoms with Crippen LogP contribution in [-0.4, -0.2) is 16.1 Å². The molecule has 1 heterocycles. The summed E-state index contributed by atoms with van der Waals surface area (Å²) in [6.45, 7) is 1.87. The van der Waals surface area contributed by atoms with E-state index in [1.54, 1.807) is 0 Å². The second-order valence-corrected chi connectivity index (χ2v) is 5.42. The van der Waals surface area contributed by atoms with Crippen molar-refractivity contribution >= 4 is 51.6 Å². The lowest BCUT2D eigenvalue weighted by atomic mass is 10.2. The Bertz CT molecular complexity index is 664. The average molecular weight is 331 g/mol. The summed E-state index contributed by atoms with van der Waals surface area (Å²) in [7, 11) is 0. The van der Waals surface area contributed by atoms with E-state index in [0.29, 0.717) is 10.7 Å². The van der Waals surface area contributed by atoms with Crippen molar-refractivity contribution in [1.29, 1.82) is 0 Å². The number of non-ortho nitro benzene ring substituents is 1. The Hall–Kier alpha value is -1.70. The molecule has 0 atom stereocenters. The Kier molecular flexibility index (Phi) is 4.53. The van der Waals surface area contributed by atoms with E-state index < -0.39 is 4.92 Å². The van der Waals surface area contributed by atoms with Crippen LogP contribution in [0.1, 0.15) is 11.3 Å². The highest BCUT2D eigenvalue weighted by atomic mass is 35.5. The molecule has 0 unspecified atom stereocenters. The monoisotopic (exact) mass is 330 g/mol. The van der Waals surface area contributed by atoms with Crippen molar-refractivity contribution in [2.45, 2.75) is 6.92 Å². The predicted octanol–water partition coefficient (Wildman–Crippen LogP) is 4.11. The lowest BCUT2D eigenvalue weighted by Crippen LogP contribution is -1.94. The standard InChI is InChI=1S/C11H8Cl2N4O2S/c1-6-5-20-11(15-6)16-14-4-8-9(12)2-7(17(18)19)3-10(8)13/h2-5H,1H3,(H,15,16). The Morgan fingerprint density at radius 3 is 2.60 bits per heavy atom. The highest BCUT2D eigenvalue weighted by molar-refractivity contribution is 7.13. The quantitative estimate of drug-likeness (QED) is 0.519. The van der Waals surface area contributed by atoms with Crippen molar-refractivity contribution in [3.8, 4) is 0 Å². The molecule has 0 saturated heterocycles. The SMILES string of the molecule is Cc1csc(NN=Cc2c(Cl)cc([N+](=O)[O-])cc2Cl)n1. The fraction of sp³-hybridized carbons (Fsp3) is 0.0909. The van der Waals surface area contributed by atoms with Gasteiger partial charge in [-0.15, -0.1) is 11.3 Å². The van der Waals surface area contributed by atoms with E-state index in [4.69, 9.17) is 23.2 Å².